The second-order valence-corrected chi connectivity index (χ2v) is 6.67. The predicted molar refractivity (Wildman–Crippen MR) is 80.8 cm³/mol. The van der Waals surface area contributed by atoms with Gasteiger partial charge >= 0.3 is 0 Å². The highest BCUT2D eigenvalue weighted by Crippen LogP contribution is 2.29. The fourth-order valence-electron chi connectivity index (χ4n) is 1.63. The Morgan fingerprint density at radius 1 is 1.43 bits per heavy atom. The van der Waals surface area contributed by atoms with Crippen molar-refractivity contribution in [1.29, 1.82) is 0 Å². The second-order valence-electron chi connectivity index (χ2n) is 3.98. The monoisotopic (exact) mass is 337 g/mol. The quantitative estimate of drug-likeness (QED) is 0.426. The Labute approximate surface area is 126 Å². The zero-order valence-corrected chi connectivity index (χ0v) is 13.2. The van der Waals surface area contributed by atoms with E-state index in [2.05, 4.69) is 10.0 Å². The minimum atomic E-state index is -4.08. The molecule has 0 aliphatic carbocycles. The lowest BCUT2D eigenvalue weighted by atomic mass is 10.2. The standard InChI is InChI=1S/C11H16FN3O4S2/c1-3-13-10-7-8(15(16)17)6-9(12)11(10)21(18,19)14-4-5-20-2/h6-7,13-14H,3-5H2,1-2H3. The van der Waals surface area contributed by atoms with Crippen LogP contribution < -0.4 is 10.0 Å². The Balaban J connectivity index is 3.30. The van der Waals surface area contributed by atoms with Gasteiger partial charge in [0.25, 0.3) is 5.69 Å². The van der Waals surface area contributed by atoms with E-state index in [9.17, 15) is 22.9 Å². The summed E-state index contributed by atoms with van der Waals surface area (Å²) in [5.41, 5.74) is -0.632. The van der Waals surface area contributed by atoms with Crippen LogP contribution in [-0.2, 0) is 10.0 Å². The maximum Gasteiger partial charge on any atom is 0.274 e. The number of hydrogen-bond donors (Lipinski definition) is 2. The maximum atomic E-state index is 14.0. The van der Waals surface area contributed by atoms with Gasteiger partial charge in [-0.25, -0.2) is 17.5 Å². The summed E-state index contributed by atoms with van der Waals surface area (Å²) >= 11 is 1.44. The van der Waals surface area contributed by atoms with Crippen molar-refractivity contribution in [3.05, 3.63) is 28.1 Å². The number of nitro groups is 1. The molecule has 0 aliphatic heterocycles. The molecule has 0 saturated carbocycles. The summed E-state index contributed by atoms with van der Waals surface area (Å²) in [7, 11) is -4.08. The molecule has 0 amide bonds. The van der Waals surface area contributed by atoms with Crippen molar-refractivity contribution in [2.24, 2.45) is 0 Å². The molecule has 0 bridgehead atoms. The van der Waals surface area contributed by atoms with E-state index in [0.29, 0.717) is 18.4 Å². The van der Waals surface area contributed by atoms with Crippen molar-refractivity contribution in [2.75, 3.05) is 30.4 Å². The number of nitro benzene ring substituents is 1. The first kappa shape index (κ1) is 17.7. The van der Waals surface area contributed by atoms with Crippen LogP contribution in [0.1, 0.15) is 6.92 Å². The van der Waals surface area contributed by atoms with E-state index in [0.717, 1.165) is 6.07 Å². The highest BCUT2D eigenvalue weighted by atomic mass is 32.2. The topological polar surface area (TPSA) is 101 Å². The fraction of sp³-hybridized carbons (Fsp3) is 0.455. The molecule has 1 rings (SSSR count). The Morgan fingerprint density at radius 2 is 2.10 bits per heavy atom. The first-order valence-corrected chi connectivity index (χ1v) is 8.91. The number of benzene rings is 1. The summed E-state index contributed by atoms with van der Waals surface area (Å²) < 4.78 is 40.6. The Hall–Kier alpha value is -1.39. The molecule has 0 aliphatic rings. The van der Waals surface area contributed by atoms with Gasteiger partial charge in [-0.05, 0) is 13.2 Å². The number of nitrogens with zero attached hydrogens (tertiary/aromatic N) is 1. The first-order valence-electron chi connectivity index (χ1n) is 6.04. The predicted octanol–water partition coefficient (Wildman–Crippen LogP) is 1.81. The Kier molecular flexibility index (Phi) is 6.37. The van der Waals surface area contributed by atoms with Gasteiger partial charge in [-0.1, -0.05) is 0 Å². The van der Waals surface area contributed by atoms with E-state index >= 15 is 0 Å². The molecule has 1 aromatic carbocycles. The third kappa shape index (κ3) is 4.55. The molecule has 10 heteroatoms. The van der Waals surface area contributed by atoms with Crippen LogP contribution in [0.5, 0.6) is 0 Å². The van der Waals surface area contributed by atoms with Crippen LogP contribution >= 0.6 is 11.8 Å². The van der Waals surface area contributed by atoms with Gasteiger partial charge in [-0.2, -0.15) is 11.8 Å². The van der Waals surface area contributed by atoms with Crippen LogP contribution in [0.25, 0.3) is 0 Å². The zero-order chi connectivity index (χ0) is 16.0. The van der Waals surface area contributed by atoms with Crippen molar-refractivity contribution >= 4 is 33.2 Å². The van der Waals surface area contributed by atoms with E-state index < -0.39 is 31.3 Å². The number of non-ortho nitro benzene ring substituents is 1. The highest BCUT2D eigenvalue weighted by molar-refractivity contribution is 7.98. The van der Waals surface area contributed by atoms with Gasteiger partial charge in [-0.15, -0.1) is 0 Å². The zero-order valence-electron chi connectivity index (χ0n) is 11.6. The van der Waals surface area contributed by atoms with Crippen molar-refractivity contribution in [1.82, 2.24) is 4.72 Å². The number of rotatable bonds is 8. The van der Waals surface area contributed by atoms with E-state index in [-0.39, 0.29) is 12.2 Å². The number of sulfonamides is 1. The van der Waals surface area contributed by atoms with E-state index in [4.69, 9.17) is 0 Å². The molecule has 0 spiro atoms. The van der Waals surface area contributed by atoms with Crippen LogP contribution in [0.15, 0.2) is 17.0 Å². The number of halogens is 1. The van der Waals surface area contributed by atoms with Crippen LogP contribution in [0, 0.1) is 15.9 Å². The molecule has 0 saturated heterocycles. The summed E-state index contributed by atoms with van der Waals surface area (Å²) in [6.07, 6.45) is 1.81. The molecule has 21 heavy (non-hydrogen) atoms. The molecule has 7 nitrogen and oxygen atoms in total. The summed E-state index contributed by atoms with van der Waals surface area (Å²) in [6.45, 7) is 2.12. The Morgan fingerprint density at radius 3 is 2.62 bits per heavy atom. The average Bonchev–Trinajstić information content (AvgIpc) is 2.38. The second kappa shape index (κ2) is 7.57. The molecule has 2 N–H and O–H groups in total. The normalized spacial score (nSPS) is 11.4. The third-order valence-electron chi connectivity index (χ3n) is 2.47. The minimum Gasteiger partial charge on any atom is -0.384 e. The summed E-state index contributed by atoms with van der Waals surface area (Å²) in [5, 5.41) is 13.4. The van der Waals surface area contributed by atoms with Gasteiger partial charge in [-0.3, -0.25) is 10.1 Å². The van der Waals surface area contributed by atoms with E-state index in [1.165, 1.54) is 11.8 Å². The lowest BCUT2D eigenvalue weighted by Gasteiger charge is -2.13. The molecule has 0 unspecified atom stereocenters. The highest BCUT2D eigenvalue weighted by Gasteiger charge is 2.26. The molecule has 118 valence electrons. The molecular weight excluding hydrogens is 321 g/mol. The SMILES string of the molecule is CCNc1cc([N+](=O)[O-])cc(F)c1S(=O)(=O)NCCSC. The van der Waals surface area contributed by atoms with Crippen LogP contribution in [0.4, 0.5) is 15.8 Å². The van der Waals surface area contributed by atoms with E-state index in [1.807, 2.05) is 6.26 Å². The summed E-state index contributed by atoms with van der Waals surface area (Å²) in [6, 6.07) is 1.61. The Bertz CT molecular complexity index is 622. The molecule has 0 atom stereocenters. The molecule has 1 aromatic rings. The largest absolute Gasteiger partial charge is 0.384 e. The van der Waals surface area contributed by atoms with Gasteiger partial charge in [0.05, 0.1) is 16.7 Å². The van der Waals surface area contributed by atoms with Crippen LogP contribution in [-0.4, -0.2) is 38.4 Å². The summed E-state index contributed by atoms with van der Waals surface area (Å²) in [4.78, 5) is 9.35. The van der Waals surface area contributed by atoms with Crippen molar-refractivity contribution in [3.8, 4) is 0 Å². The number of nitrogens with one attached hydrogen (secondary N) is 2. The lowest BCUT2D eigenvalue weighted by Crippen LogP contribution is -2.27. The lowest BCUT2D eigenvalue weighted by molar-refractivity contribution is -0.385. The molecule has 0 heterocycles. The molecule has 0 radical (unpaired) electrons. The van der Waals surface area contributed by atoms with Gasteiger partial charge in [0.15, 0.2) is 5.82 Å². The van der Waals surface area contributed by atoms with E-state index in [1.54, 1.807) is 6.92 Å². The minimum absolute atomic E-state index is 0.124. The van der Waals surface area contributed by atoms with Gasteiger partial charge < -0.3 is 5.32 Å². The summed E-state index contributed by atoms with van der Waals surface area (Å²) in [5.74, 6) is -0.624. The maximum absolute atomic E-state index is 14.0. The van der Waals surface area contributed by atoms with Gasteiger partial charge in [0, 0.05) is 24.9 Å². The van der Waals surface area contributed by atoms with Gasteiger partial charge in [0.1, 0.15) is 4.90 Å². The smallest absolute Gasteiger partial charge is 0.274 e. The van der Waals surface area contributed by atoms with Crippen molar-refractivity contribution in [3.63, 3.8) is 0 Å². The van der Waals surface area contributed by atoms with Gasteiger partial charge in [0.2, 0.25) is 10.0 Å². The number of thioether (sulfide) groups is 1. The van der Waals surface area contributed by atoms with Crippen LogP contribution in [0.2, 0.25) is 0 Å². The number of hydrogen-bond acceptors (Lipinski definition) is 6. The van der Waals surface area contributed by atoms with Crippen molar-refractivity contribution < 1.29 is 17.7 Å². The fourth-order valence-corrected chi connectivity index (χ4v) is 3.32. The molecular formula is C11H16FN3O4S2. The molecule has 0 aromatic heterocycles. The van der Waals surface area contributed by atoms with Crippen LogP contribution in [0.3, 0.4) is 0 Å². The molecule has 0 fully saturated rings. The number of anilines is 1. The average molecular weight is 337 g/mol. The van der Waals surface area contributed by atoms with Crippen molar-refractivity contribution in [2.45, 2.75) is 11.8 Å². The third-order valence-corrected chi connectivity index (χ3v) is 4.62. The first-order chi connectivity index (χ1) is 9.83.